The number of carbonyl (C=O) groups is 4. The van der Waals surface area contributed by atoms with Gasteiger partial charge in [-0.05, 0) is 24.6 Å². The molecule has 172 valence electrons. The molecule has 2 atom stereocenters. The lowest BCUT2D eigenvalue weighted by molar-refractivity contribution is -0.153. The van der Waals surface area contributed by atoms with Gasteiger partial charge in [-0.15, -0.1) is 0 Å². The number of fused-ring (bicyclic) bond motifs is 1. The lowest BCUT2D eigenvalue weighted by Crippen LogP contribution is -2.47. The normalized spacial score (nSPS) is 19.2. The van der Waals surface area contributed by atoms with Gasteiger partial charge in [0.25, 0.3) is 11.8 Å². The quantitative estimate of drug-likeness (QED) is 0.659. The molecule has 2 aromatic carbocycles. The third-order valence-electron chi connectivity index (χ3n) is 5.45. The van der Waals surface area contributed by atoms with E-state index < -0.39 is 36.4 Å². The Labute approximate surface area is 190 Å². The topological polar surface area (TPSA) is 111 Å². The average Bonchev–Trinajstić information content (AvgIpc) is 3.18. The molecule has 2 aromatic rings. The highest BCUT2D eigenvalue weighted by Crippen LogP contribution is 2.30. The van der Waals surface area contributed by atoms with Gasteiger partial charge in [-0.25, -0.2) is 0 Å². The Balaban J connectivity index is 1.21. The fourth-order valence-corrected chi connectivity index (χ4v) is 3.65. The van der Waals surface area contributed by atoms with E-state index >= 15 is 0 Å². The van der Waals surface area contributed by atoms with Crippen molar-refractivity contribution in [3.05, 3.63) is 59.7 Å². The number of nitrogens with one attached hydrogen (secondary N) is 1. The Kier molecular flexibility index (Phi) is 6.58. The van der Waals surface area contributed by atoms with E-state index in [2.05, 4.69) is 5.32 Å². The molecule has 0 aromatic heterocycles. The molecule has 33 heavy (non-hydrogen) atoms. The molecular weight excluding hydrogens is 428 g/mol. The molecule has 9 heteroatoms. The Morgan fingerprint density at radius 2 is 1.82 bits per heavy atom. The first-order valence-corrected chi connectivity index (χ1v) is 10.6. The number of ether oxygens (including phenoxy) is 3. The van der Waals surface area contributed by atoms with Crippen molar-refractivity contribution in [2.24, 2.45) is 5.92 Å². The highest BCUT2D eigenvalue weighted by atomic mass is 16.6. The van der Waals surface area contributed by atoms with Gasteiger partial charge in [-0.2, -0.15) is 0 Å². The second-order valence-electron chi connectivity index (χ2n) is 8.05. The largest absolute Gasteiger partial charge is 0.485 e. The molecule has 4 rings (SSSR count). The first kappa shape index (κ1) is 22.3. The monoisotopic (exact) mass is 452 g/mol. The first-order chi connectivity index (χ1) is 15.9. The zero-order valence-electron chi connectivity index (χ0n) is 18.1. The van der Waals surface area contributed by atoms with Crippen LogP contribution in [0.25, 0.3) is 0 Å². The Morgan fingerprint density at radius 3 is 2.58 bits per heavy atom. The molecule has 0 aliphatic carbocycles. The third kappa shape index (κ3) is 5.49. The van der Waals surface area contributed by atoms with Crippen molar-refractivity contribution in [2.75, 3.05) is 19.8 Å². The summed E-state index contributed by atoms with van der Waals surface area (Å²) in [6.07, 6.45) is -0.972. The molecule has 0 unspecified atom stereocenters. The summed E-state index contributed by atoms with van der Waals surface area (Å²) in [7, 11) is 0. The van der Waals surface area contributed by atoms with E-state index in [0.29, 0.717) is 18.0 Å². The summed E-state index contributed by atoms with van der Waals surface area (Å²) >= 11 is 0. The number of amides is 3. The Bertz CT molecular complexity index is 1070. The zero-order valence-corrected chi connectivity index (χ0v) is 18.1. The summed E-state index contributed by atoms with van der Waals surface area (Å²) in [5.74, 6) is -2.00. The van der Waals surface area contributed by atoms with E-state index in [0.717, 1.165) is 11.1 Å². The summed E-state index contributed by atoms with van der Waals surface area (Å²) in [5.41, 5.74) is 2.09. The maximum Gasteiger partial charge on any atom is 0.311 e. The van der Waals surface area contributed by atoms with Crippen molar-refractivity contribution in [2.45, 2.75) is 26.0 Å². The number of aryl methyl sites for hydroxylation is 1. The molecule has 1 fully saturated rings. The fraction of sp³-hybridized carbons (Fsp3) is 0.333. The van der Waals surface area contributed by atoms with Crippen LogP contribution in [0.2, 0.25) is 0 Å². The number of hydrogen-bond donors (Lipinski definition) is 1. The van der Waals surface area contributed by atoms with Gasteiger partial charge in [0.2, 0.25) is 12.0 Å². The summed E-state index contributed by atoms with van der Waals surface area (Å²) in [6, 6.07) is 14.7. The SMILES string of the molecule is Cc1ccc(CN2C[C@@H](C(=O)OCC(=O)NC(=O)[C@@H]3COc4ccccc4O3)CC2=O)cc1. The predicted molar refractivity (Wildman–Crippen MR) is 115 cm³/mol. The molecule has 3 amide bonds. The van der Waals surface area contributed by atoms with Gasteiger partial charge in [0.1, 0.15) is 6.61 Å². The molecule has 1 N–H and O–H groups in total. The maximum absolute atomic E-state index is 12.4. The molecule has 0 bridgehead atoms. The summed E-state index contributed by atoms with van der Waals surface area (Å²) in [4.78, 5) is 50.6. The van der Waals surface area contributed by atoms with Crippen LogP contribution in [0.1, 0.15) is 17.5 Å². The van der Waals surface area contributed by atoms with Gasteiger partial charge in [0, 0.05) is 19.5 Å². The van der Waals surface area contributed by atoms with E-state index in [4.69, 9.17) is 14.2 Å². The van der Waals surface area contributed by atoms with Crippen LogP contribution in [0.3, 0.4) is 0 Å². The number of para-hydroxylation sites is 2. The van der Waals surface area contributed by atoms with Crippen LogP contribution in [-0.2, 0) is 30.5 Å². The van der Waals surface area contributed by atoms with Crippen molar-refractivity contribution in [3.63, 3.8) is 0 Å². The number of esters is 1. The van der Waals surface area contributed by atoms with Crippen LogP contribution >= 0.6 is 0 Å². The van der Waals surface area contributed by atoms with Gasteiger partial charge >= 0.3 is 5.97 Å². The van der Waals surface area contributed by atoms with Crippen LogP contribution in [0, 0.1) is 12.8 Å². The number of hydrogen-bond acceptors (Lipinski definition) is 7. The molecule has 9 nitrogen and oxygen atoms in total. The molecule has 2 heterocycles. The number of nitrogens with zero attached hydrogens (tertiary/aromatic N) is 1. The van der Waals surface area contributed by atoms with Crippen LogP contribution in [0.4, 0.5) is 0 Å². The van der Waals surface area contributed by atoms with E-state index in [1.165, 1.54) is 0 Å². The summed E-state index contributed by atoms with van der Waals surface area (Å²) in [5, 5.41) is 2.14. The number of carbonyl (C=O) groups excluding carboxylic acids is 4. The zero-order chi connectivity index (χ0) is 23.4. The minimum atomic E-state index is -0.998. The maximum atomic E-state index is 12.4. The average molecular weight is 452 g/mol. The highest BCUT2D eigenvalue weighted by molar-refractivity contribution is 5.99. The molecule has 0 saturated carbocycles. The van der Waals surface area contributed by atoms with E-state index in [-0.39, 0.29) is 25.5 Å². The van der Waals surface area contributed by atoms with Gasteiger partial charge < -0.3 is 19.1 Å². The fourth-order valence-electron chi connectivity index (χ4n) is 3.65. The summed E-state index contributed by atoms with van der Waals surface area (Å²) in [6.45, 7) is 1.94. The minimum absolute atomic E-state index is 0.0257. The molecule has 0 radical (unpaired) electrons. The van der Waals surface area contributed by atoms with E-state index in [9.17, 15) is 19.2 Å². The van der Waals surface area contributed by atoms with Crippen LogP contribution in [0.15, 0.2) is 48.5 Å². The van der Waals surface area contributed by atoms with E-state index in [1.54, 1.807) is 29.2 Å². The number of rotatable bonds is 6. The van der Waals surface area contributed by atoms with Gasteiger partial charge in [-0.3, -0.25) is 24.5 Å². The lowest BCUT2D eigenvalue weighted by atomic mass is 10.1. The standard InChI is InChI=1S/C24H24N2O7/c1-15-6-8-16(9-7-15)11-26-12-17(10-22(26)28)24(30)32-14-21(27)25-23(29)20-13-31-18-4-2-3-5-19(18)33-20/h2-9,17,20H,10-14H2,1H3,(H,25,27,29)/t17-,20-/m0/s1. The second-order valence-corrected chi connectivity index (χ2v) is 8.05. The number of likely N-dealkylation sites (tertiary alicyclic amines) is 1. The van der Waals surface area contributed by atoms with Gasteiger partial charge in [0.05, 0.1) is 5.92 Å². The van der Waals surface area contributed by atoms with Crippen molar-refractivity contribution in [3.8, 4) is 11.5 Å². The van der Waals surface area contributed by atoms with Crippen molar-refractivity contribution in [1.29, 1.82) is 0 Å². The smallest absolute Gasteiger partial charge is 0.311 e. The van der Waals surface area contributed by atoms with Crippen molar-refractivity contribution in [1.82, 2.24) is 10.2 Å². The van der Waals surface area contributed by atoms with Crippen molar-refractivity contribution < 1.29 is 33.4 Å². The lowest BCUT2D eigenvalue weighted by Gasteiger charge is -2.25. The second kappa shape index (κ2) is 9.72. The number of imide groups is 1. The van der Waals surface area contributed by atoms with Crippen LogP contribution < -0.4 is 14.8 Å². The summed E-state index contributed by atoms with van der Waals surface area (Å²) < 4.78 is 16.0. The van der Waals surface area contributed by atoms with Crippen LogP contribution in [-0.4, -0.2) is 54.5 Å². The number of benzene rings is 2. The van der Waals surface area contributed by atoms with E-state index in [1.807, 2.05) is 31.2 Å². The Morgan fingerprint density at radius 1 is 1.09 bits per heavy atom. The molecule has 1 saturated heterocycles. The first-order valence-electron chi connectivity index (χ1n) is 10.6. The highest BCUT2D eigenvalue weighted by Gasteiger charge is 2.36. The van der Waals surface area contributed by atoms with Gasteiger partial charge in [-0.1, -0.05) is 42.0 Å². The van der Waals surface area contributed by atoms with Gasteiger partial charge in [0.15, 0.2) is 18.1 Å². The van der Waals surface area contributed by atoms with Crippen LogP contribution in [0.5, 0.6) is 11.5 Å². The third-order valence-corrected chi connectivity index (χ3v) is 5.45. The molecule has 2 aliphatic heterocycles. The Hall–Kier alpha value is -3.88. The molecule has 2 aliphatic rings. The molecular formula is C24H24N2O7. The predicted octanol–water partition coefficient (Wildman–Crippen LogP) is 1.37. The van der Waals surface area contributed by atoms with Crippen molar-refractivity contribution >= 4 is 23.7 Å². The minimum Gasteiger partial charge on any atom is -0.485 e. The molecule has 0 spiro atoms.